The van der Waals surface area contributed by atoms with Gasteiger partial charge in [-0.25, -0.2) is 4.98 Å². The van der Waals surface area contributed by atoms with E-state index in [-0.39, 0.29) is 5.41 Å². The van der Waals surface area contributed by atoms with Gasteiger partial charge in [-0.2, -0.15) is 0 Å². The van der Waals surface area contributed by atoms with Gasteiger partial charge >= 0.3 is 0 Å². The highest BCUT2D eigenvalue weighted by Gasteiger charge is 2.23. The Morgan fingerprint density at radius 2 is 2.12 bits per heavy atom. The summed E-state index contributed by atoms with van der Waals surface area (Å²) < 4.78 is 0. The number of nitrogens with one attached hydrogen (secondary N) is 1. The van der Waals surface area contributed by atoms with Gasteiger partial charge in [0.1, 0.15) is 5.01 Å². The summed E-state index contributed by atoms with van der Waals surface area (Å²) in [5.41, 5.74) is 1.39. The summed E-state index contributed by atoms with van der Waals surface area (Å²) in [5.74, 6) is 0. The summed E-state index contributed by atoms with van der Waals surface area (Å²) in [6, 6.07) is 1.14. The fraction of sp³-hybridized carbons (Fsp3) is 0.769. The molecule has 2 nitrogen and oxygen atoms in total. The first kappa shape index (κ1) is 12.1. The summed E-state index contributed by atoms with van der Waals surface area (Å²) in [6.07, 6.45) is 4.05. The van der Waals surface area contributed by atoms with Gasteiger partial charge in [0.05, 0.1) is 11.7 Å². The molecule has 0 amide bonds. The first-order valence-corrected chi connectivity index (χ1v) is 7.07. The molecule has 3 heteroatoms. The minimum absolute atomic E-state index is 0.172. The Morgan fingerprint density at radius 1 is 1.44 bits per heavy atom. The maximum Gasteiger partial charge on any atom is 0.110 e. The van der Waals surface area contributed by atoms with Crippen molar-refractivity contribution in [3.63, 3.8) is 0 Å². The van der Waals surface area contributed by atoms with E-state index in [2.05, 4.69) is 38.4 Å². The molecule has 0 spiro atoms. The lowest BCUT2D eigenvalue weighted by atomic mass is 9.92. The van der Waals surface area contributed by atoms with E-state index in [1.54, 1.807) is 11.3 Å². The van der Waals surface area contributed by atoms with Crippen LogP contribution in [-0.2, 0) is 5.41 Å². The Hall–Kier alpha value is -0.410. The molecule has 1 N–H and O–H groups in total. The van der Waals surface area contributed by atoms with Crippen LogP contribution in [-0.4, -0.2) is 11.0 Å². The van der Waals surface area contributed by atoms with E-state index in [0.29, 0.717) is 6.04 Å². The van der Waals surface area contributed by atoms with E-state index in [9.17, 15) is 0 Å². The molecule has 0 saturated heterocycles. The minimum Gasteiger partial charge on any atom is -0.305 e. The highest BCUT2D eigenvalue weighted by atomic mass is 32.1. The van der Waals surface area contributed by atoms with Gasteiger partial charge < -0.3 is 5.32 Å². The molecule has 16 heavy (non-hydrogen) atoms. The van der Waals surface area contributed by atoms with Gasteiger partial charge in [-0.1, -0.05) is 27.2 Å². The predicted octanol–water partition coefficient (Wildman–Crippen LogP) is 3.64. The monoisotopic (exact) mass is 238 g/mol. The van der Waals surface area contributed by atoms with E-state index in [1.807, 2.05) is 0 Å². The van der Waals surface area contributed by atoms with Gasteiger partial charge in [0.15, 0.2) is 0 Å². The van der Waals surface area contributed by atoms with Crippen LogP contribution in [0.25, 0.3) is 0 Å². The van der Waals surface area contributed by atoms with Crippen molar-refractivity contribution in [2.24, 2.45) is 0 Å². The predicted molar refractivity (Wildman–Crippen MR) is 70.0 cm³/mol. The fourth-order valence-electron chi connectivity index (χ4n) is 1.83. The Labute approximate surface area is 102 Å². The van der Waals surface area contributed by atoms with E-state index in [4.69, 9.17) is 4.98 Å². The van der Waals surface area contributed by atoms with Crippen LogP contribution in [0.4, 0.5) is 0 Å². The summed E-state index contributed by atoms with van der Waals surface area (Å²) >= 11 is 1.79. The molecule has 1 aromatic heterocycles. The summed E-state index contributed by atoms with van der Waals surface area (Å²) in [5, 5.41) is 7.08. The quantitative estimate of drug-likeness (QED) is 0.869. The van der Waals surface area contributed by atoms with Gasteiger partial charge in [-0.05, 0) is 19.8 Å². The fourth-order valence-corrected chi connectivity index (χ4v) is 2.89. The molecule has 1 unspecified atom stereocenters. The second kappa shape index (κ2) is 4.46. The Balaban J connectivity index is 2.00. The number of nitrogens with zero attached hydrogens (tertiary/aromatic N) is 1. The molecule has 1 aromatic rings. The third kappa shape index (κ3) is 2.64. The zero-order valence-electron chi connectivity index (χ0n) is 10.7. The maximum atomic E-state index is 4.75. The van der Waals surface area contributed by atoms with Crippen LogP contribution in [0.3, 0.4) is 0 Å². The van der Waals surface area contributed by atoms with Crippen molar-refractivity contribution < 1.29 is 0 Å². The lowest BCUT2D eigenvalue weighted by Gasteiger charge is -2.29. The molecule has 0 aliphatic heterocycles. The first-order valence-electron chi connectivity index (χ1n) is 6.19. The van der Waals surface area contributed by atoms with Crippen molar-refractivity contribution in [1.82, 2.24) is 10.3 Å². The van der Waals surface area contributed by atoms with E-state index in [1.165, 1.54) is 30.0 Å². The first-order chi connectivity index (χ1) is 7.47. The molecule has 0 radical (unpaired) electrons. The molecule has 1 saturated carbocycles. The number of thiazole rings is 1. The van der Waals surface area contributed by atoms with Crippen LogP contribution in [0, 0.1) is 0 Å². The van der Waals surface area contributed by atoms with E-state index >= 15 is 0 Å². The van der Waals surface area contributed by atoms with E-state index < -0.39 is 0 Å². The topological polar surface area (TPSA) is 24.9 Å². The van der Waals surface area contributed by atoms with Gasteiger partial charge in [0.25, 0.3) is 0 Å². The van der Waals surface area contributed by atoms with Crippen LogP contribution in [0.1, 0.15) is 63.7 Å². The lowest BCUT2D eigenvalue weighted by molar-refractivity contribution is 0.312. The second-order valence-corrected chi connectivity index (χ2v) is 6.73. The van der Waals surface area contributed by atoms with Crippen LogP contribution in [0.2, 0.25) is 0 Å². The van der Waals surface area contributed by atoms with Crippen LogP contribution < -0.4 is 5.32 Å². The van der Waals surface area contributed by atoms with Gasteiger partial charge in [-0.3, -0.25) is 0 Å². The number of hydrogen-bond acceptors (Lipinski definition) is 3. The zero-order valence-corrected chi connectivity index (χ0v) is 11.5. The molecule has 1 aliphatic rings. The largest absolute Gasteiger partial charge is 0.305 e. The minimum atomic E-state index is 0.172. The molecule has 1 aliphatic carbocycles. The van der Waals surface area contributed by atoms with Gasteiger partial charge in [0, 0.05) is 16.8 Å². The Bertz CT molecular complexity index is 347. The van der Waals surface area contributed by atoms with Crippen LogP contribution >= 0.6 is 11.3 Å². The van der Waals surface area contributed by atoms with Gasteiger partial charge in [0.2, 0.25) is 0 Å². The molecule has 2 rings (SSSR count). The standard InChI is InChI=1S/C13H22N2S/c1-9(14-10-6-5-7-10)12-15-11(8-16-12)13(2,3)4/h8-10,14H,5-7H2,1-4H3. The smallest absolute Gasteiger partial charge is 0.110 e. The van der Waals surface area contributed by atoms with Crippen LogP contribution in [0.5, 0.6) is 0 Å². The normalized spacial score (nSPS) is 19.5. The SMILES string of the molecule is CC(NC1CCC1)c1nc(C(C)(C)C)cs1. The van der Waals surface area contributed by atoms with Crippen molar-refractivity contribution in [2.45, 2.75) is 64.5 Å². The van der Waals surface area contributed by atoms with Crippen molar-refractivity contribution in [3.8, 4) is 0 Å². The van der Waals surface area contributed by atoms with Gasteiger partial charge in [-0.15, -0.1) is 11.3 Å². The highest BCUT2D eigenvalue weighted by Crippen LogP contribution is 2.28. The molecular weight excluding hydrogens is 216 g/mol. The molecule has 1 fully saturated rings. The second-order valence-electron chi connectivity index (χ2n) is 5.84. The zero-order chi connectivity index (χ0) is 11.8. The lowest BCUT2D eigenvalue weighted by Crippen LogP contribution is -2.36. The van der Waals surface area contributed by atoms with Crippen molar-refractivity contribution in [2.75, 3.05) is 0 Å². The summed E-state index contributed by atoms with van der Waals surface area (Å²) in [7, 11) is 0. The average molecular weight is 238 g/mol. The molecule has 1 atom stereocenters. The molecule has 0 aromatic carbocycles. The number of aromatic nitrogens is 1. The molecular formula is C13H22N2S. The third-order valence-electron chi connectivity index (χ3n) is 3.25. The summed E-state index contributed by atoms with van der Waals surface area (Å²) in [4.78, 5) is 4.75. The molecule has 1 heterocycles. The summed E-state index contributed by atoms with van der Waals surface area (Å²) in [6.45, 7) is 8.88. The third-order valence-corrected chi connectivity index (χ3v) is 4.28. The van der Waals surface area contributed by atoms with Crippen molar-refractivity contribution >= 4 is 11.3 Å². The molecule has 90 valence electrons. The number of rotatable bonds is 3. The number of hydrogen-bond donors (Lipinski definition) is 1. The maximum absolute atomic E-state index is 4.75. The molecule has 0 bridgehead atoms. The Kier molecular flexibility index (Phi) is 3.36. The van der Waals surface area contributed by atoms with E-state index in [0.717, 1.165) is 6.04 Å². The average Bonchev–Trinajstić information content (AvgIpc) is 2.58. The van der Waals surface area contributed by atoms with Crippen molar-refractivity contribution in [3.05, 3.63) is 16.1 Å². The Morgan fingerprint density at radius 3 is 2.56 bits per heavy atom. The van der Waals surface area contributed by atoms with Crippen LogP contribution in [0.15, 0.2) is 5.38 Å². The highest BCUT2D eigenvalue weighted by molar-refractivity contribution is 7.09. The van der Waals surface area contributed by atoms with Crippen molar-refractivity contribution in [1.29, 1.82) is 0 Å².